The zero-order valence-electron chi connectivity index (χ0n) is 11.8. The van der Waals surface area contributed by atoms with Gasteiger partial charge in [-0.3, -0.25) is 0 Å². The van der Waals surface area contributed by atoms with Crippen molar-refractivity contribution in [3.05, 3.63) is 12.2 Å². The average Bonchev–Trinajstić information content (AvgIpc) is 2.28. The Balaban J connectivity index is 2.23. The molecule has 0 radical (unpaired) electrons. The second-order valence-electron chi connectivity index (χ2n) is 5.54. The van der Waals surface area contributed by atoms with Crippen LogP contribution in [-0.2, 0) is 4.74 Å². The fraction of sp³-hybridized carbons (Fsp3) is 0.867. The first kappa shape index (κ1) is 15.1. The third-order valence-electron chi connectivity index (χ3n) is 3.66. The van der Waals surface area contributed by atoms with Crippen molar-refractivity contribution >= 4 is 11.8 Å². The van der Waals surface area contributed by atoms with Crippen LogP contribution in [0.1, 0.15) is 46.5 Å². The van der Waals surface area contributed by atoms with E-state index in [2.05, 4.69) is 44.7 Å². The van der Waals surface area contributed by atoms with Crippen molar-refractivity contribution in [2.45, 2.75) is 57.0 Å². The minimum atomic E-state index is 0.740. The Morgan fingerprint density at radius 2 is 2.06 bits per heavy atom. The highest BCUT2D eigenvalue weighted by Gasteiger charge is 2.26. The third-order valence-corrected chi connectivity index (χ3v) is 5.36. The first-order valence-corrected chi connectivity index (χ1v) is 7.87. The van der Waals surface area contributed by atoms with Crippen molar-refractivity contribution in [3.8, 4) is 0 Å². The van der Waals surface area contributed by atoms with E-state index in [9.17, 15) is 0 Å². The van der Waals surface area contributed by atoms with Gasteiger partial charge in [-0.05, 0) is 37.5 Å². The molecule has 1 nitrogen and oxygen atoms in total. The van der Waals surface area contributed by atoms with E-state index in [0.29, 0.717) is 0 Å². The number of hydrogen-bond acceptors (Lipinski definition) is 2. The van der Waals surface area contributed by atoms with Crippen LogP contribution in [0.4, 0.5) is 0 Å². The van der Waals surface area contributed by atoms with Crippen LogP contribution >= 0.6 is 11.8 Å². The number of allylic oxidation sites excluding steroid dienone is 1. The molecule has 0 saturated heterocycles. The van der Waals surface area contributed by atoms with Gasteiger partial charge in [-0.25, -0.2) is 0 Å². The fourth-order valence-corrected chi connectivity index (χ4v) is 4.12. The molecule has 0 spiro atoms. The Kier molecular flexibility index (Phi) is 7.29. The molecule has 0 heterocycles. The van der Waals surface area contributed by atoms with E-state index in [1.807, 2.05) is 0 Å². The summed E-state index contributed by atoms with van der Waals surface area (Å²) < 4.78 is 5.01. The maximum absolute atomic E-state index is 5.01. The summed E-state index contributed by atoms with van der Waals surface area (Å²) in [4.78, 5) is 0. The number of methoxy groups -OCH3 is 1. The maximum Gasteiger partial charge on any atom is 0.0643 e. The van der Waals surface area contributed by atoms with Gasteiger partial charge in [-0.15, -0.1) is 0 Å². The molecule has 0 N–H and O–H groups in total. The van der Waals surface area contributed by atoms with Gasteiger partial charge in [0.05, 0.1) is 6.61 Å². The topological polar surface area (TPSA) is 9.23 Å². The summed E-state index contributed by atoms with van der Waals surface area (Å²) in [5.74, 6) is 1.84. The third kappa shape index (κ3) is 5.96. The number of hydrogen-bond donors (Lipinski definition) is 0. The molecule has 1 saturated carbocycles. The van der Waals surface area contributed by atoms with Gasteiger partial charge < -0.3 is 4.74 Å². The lowest BCUT2D eigenvalue weighted by Gasteiger charge is -2.33. The van der Waals surface area contributed by atoms with Crippen molar-refractivity contribution in [2.24, 2.45) is 11.8 Å². The molecule has 0 amide bonds. The molecule has 17 heavy (non-hydrogen) atoms. The smallest absolute Gasteiger partial charge is 0.0643 e. The highest BCUT2D eigenvalue weighted by molar-refractivity contribution is 8.00. The van der Waals surface area contributed by atoms with Gasteiger partial charge in [0, 0.05) is 17.6 Å². The molecular formula is C15H28OS. The zero-order chi connectivity index (χ0) is 12.7. The fourth-order valence-electron chi connectivity index (χ4n) is 2.65. The molecule has 0 aromatic heterocycles. The van der Waals surface area contributed by atoms with Crippen LogP contribution < -0.4 is 0 Å². The summed E-state index contributed by atoms with van der Waals surface area (Å²) in [5.41, 5.74) is 0. The van der Waals surface area contributed by atoms with Crippen LogP contribution in [0.3, 0.4) is 0 Å². The van der Waals surface area contributed by atoms with Gasteiger partial charge in [0.15, 0.2) is 0 Å². The van der Waals surface area contributed by atoms with E-state index in [-0.39, 0.29) is 0 Å². The Morgan fingerprint density at radius 3 is 2.71 bits per heavy atom. The summed E-state index contributed by atoms with van der Waals surface area (Å²) in [7, 11) is 1.74. The average molecular weight is 256 g/mol. The number of ether oxygens (including phenoxy) is 1. The highest BCUT2D eigenvalue weighted by atomic mass is 32.2. The van der Waals surface area contributed by atoms with E-state index in [0.717, 1.165) is 28.9 Å². The summed E-state index contributed by atoms with van der Waals surface area (Å²) >= 11 is 2.20. The Hall–Kier alpha value is 0.0500. The van der Waals surface area contributed by atoms with Crippen molar-refractivity contribution in [3.63, 3.8) is 0 Å². The lowest BCUT2D eigenvalue weighted by Crippen LogP contribution is -2.25. The van der Waals surface area contributed by atoms with Gasteiger partial charge >= 0.3 is 0 Å². The minimum Gasteiger partial charge on any atom is -0.381 e. The van der Waals surface area contributed by atoms with E-state index >= 15 is 0 Å². The van der Waals surface area contributed by atoms with E-state index in [1.54, 1.807) is 7.11 Å². The molecule has 0 aromatic rings. The lowest BCUT2D eigenvalue weighted by molar-refractivity contribution is 0.233. The SMILES string of the molecule is COC/C=C/CC(C)SC1CCC(C)CC1C. The van der Waals surface area contributed by atoms with Crippen LogP contribution in [-0.4, -0.2) is 24.2 Å². The van der Waals surface area contributed by atoms with Crippen LogP contribution in [0.5, 0.6) is 0 Å². The number of rotatable bonds is 6. The van der Waals surface area contributed by atoms with E-state index in [1.165, 1.54) is 25.7 Å². The van der Waals surface area contributed by atoms with E-state index < -0.39 is 0 Å². The summed E-state index contributed by atoms with van der Waals surface area (Å²) in [6.07, 6.45) is 9.82. The van der Waals surface area contributed by atoms with Crippen molar-refractivity contribution in [1.29, 1.82) is 0 Å². The van der Waals surface area contributed by atoms with Gasteiger partial charge in [-0.1, -0.05) is 32.9 Å². The molecule has 1 aliphatic rings. The quantitative estimate of drug-likeness (QED) is 0.646. The summed E-state index contributed by atoms with van der Waals surface area (Å²) in [6.45, 7) is 7.93. The molecule has 0 aromatic carbocycles. The van der Waals surface area contributed by atoms with Crippen molar-refractivity contribution in [1.82, 2.24) is 0 Å². The number of thioether (sulfide) groups is 1. The molecule has 100 valence electrons. The van der Waals surface area contributed by atoms with Gasteiger partial charge in [0.25, 0.3) is 0 Å². The van der Waals surface area contributed by atoms with Gasteiger partial charge in [-0.2, -0.15) is 11.8 Å². The van der Waals surface area contributed by atoms with E-state index in [4.69, 9.17) is 4.74 Å². The Labute approximate surface area is 111 Å². The molecule has 1 aliphatic carbocycles. The molecule has 0 aliphatic heterocycles. The molecular weight excluding hydrogens is 228 g/mol. The van der Waals surface area contributed by atoms with Crippen molar-refractivity contribution in [2.75, 3.05) is 13.7 Å². The van der Waals surface area contributed by atoms with Crippen LogP contribution in [0.2, 0.25) is 0 Å². The largest absolute Gasteiger partial charge is 0.381 e. The highest BCUT2D eigenvalue weighted by Crippen LogP contribution is 2.38. The molecule has 0 bridgehead atoms. The van der Waals surface area contributed by atoms with Crippen LogP contribution in [0.15, 0.2) is 12.2 Å². The molecule has 2 heteroatoms. The monoisotopic (exact) mass is 256 g/mol. The normalized spacial score (nSPS) is 31.9. The van der Waals surface area contributed by atoms with Crippen LogP contribution in [0, 0.1) is 11.8 Å². The predicted molar refractivity (Wildman–Crippen MR) is 78.7 cm³/mol. The van der Waals surface area contributed by atoms with Crippen LogP contribution in [0.25, 0.3) is 0 Å². The van der Waals surface area contributed by atoms with Gasteiger partial charge in [0.2, 0.25) is 0 Å². The molecule has 1 rings (SSSR count). The van der Waals surface area contributed by atoms with Gasteiger partial charge in [0.1, 0.15) is 0 Å². The second-order valence-corrected chi connectivity index (χ2v) is 7.23. The maximum atomic E-state index is 5.01. The second kappa shape index (κ2) is 8.20. The predicted octanol–water partition coefficient (Wildman–Crippen LogP) is 4.53. The first-order valence-electron chi connectivity index (χ1n) is 6.92. The standard InChI is InChI=1S/C15H28OS/c1-12-8-9-15(13(2)11-12)17-14(3)7-5-6-10-16-4/h5-6,12-15H,7-11H2,1-4H3/b6-5+. The molecule has 4 atom stereocenters. The van der Waals surface area contributed by atoms with Crippen molar-refractivity contribution < 1.29 is 4.74 Å². The first-order chi connectivity index (χ1) is 8.13. The Bertz CT molecular complexity index is 227. The zero-order valence-corrected chi connectivity index (χ0v) is 12.6. The lowest BCUT2D eigenvalue weighted by atomic mass is 9.83. The molecule has 4 unspecified atom stereocenters. The Morgan fingerprint density at radius 1 is 1.29 bits per heavy atom. The minimum absolute atomic E-state index is 0.740. The summed E-state index contributed by atoms with van der Waals surface area (Å²) in [6, 6.07) is 0. The summed E-state index contributed by atoms with van der Waals surface area (Å²) in [5, 5.41) is 1.63. The molecule has 1 fully saturated rings.